The van der Waals surface area contributed by atoms with Crippen LogP contribution in [0.25, 0.3) is 17.0 Å². The van der Waals surface area contributed by atoms with Crippen molar-refractivity contribution >= 4 is 11.5 Å². The molecule has 1 unspecified atom stereocenters. The molecule has 6 nitrogen and oxygen atoms in total. The molecule has 0 saturated carbocycles. The summed E-state index contributed by atoms with van der Waals surface area (Å²) in [4.78, 5) is 8.65. The minimum Gasteiger partial charge on any atom is -0.376 e. The van der Waals surface area contributed by atoms with E-state index in [1.807, 2.05) is 0 Å². The fourth-order valence-electron chi connectivity index (χ4n) is 3.26. The third kappa shape index (κ3) is 3.53. The van der Waals surface area contributed by atoms with Gasteiger partial charge in [0.25, 0.3) is 0 Å². The topological polar surface area (TPSA) is 74.5 Å². The largest absolute Gasteiger partial charge is 0.421 e. The lowest BCUT2D eigenvalue weighted by Crippen LogP contribution is -2.39. The Morgan fingerprint density at radius 1 is 1.21 bits per heavy atom. The van der Waals surface area contributed by atoms with Crippen LogP contribution < -0.4 is 10.6 Å². The van der Waals surface area contributed by atoms with Crippen LogP contribution in [0.2, 0.25) is 0 Å². The van der Waals surface area contributed by atoms with Crippen LogP contribution in [-0.2, 0) is 5.60 Å². The molecule has 0 radical (unpaired) electrons. The normalized spacial score (nSPS) is 22.0. The molecule has 1 aliphatic heterocycles. The highest BCUT2D eigenvalue weighted by Gasteiger charge is 2.51. The predicted molar refractivity (Wildman–Crippen MR) is 99.2 cm³/mol. The SMILES string of the molecule is CC(O)(c1ccc2ncc(-c3cccc(N[C@H]4CNC[C@@H]4F)n3)n2c1)C(F)(F)F. The van der Waals surface area contributed by atoms with Gasteiger partial charge >= 0.3 is 6.18 Å². The first kappa shape index (κ1) is 19.6. The lowest BCUT2D eigenvalue weighted by atomic mass is 9.97. The minimum atomic E-state index is -4.83. The molecular weight excluding hydrogens is 390 g/mol. The van der Waals surface area contributed by atoms with E-state index in [0.717, 1.165) is 0 Å². The number of halogens is 4. The fourth-order valence-corrected chi connectivity index (χ4v) is 3.26. The van der Waals surface area contributed by atoms with Gasteiger partial charge in [0.1, 0.15) is 17.6 Å². The average Bonchev–Trinajstić information content (AvgIpc) is 3.27. The quantitative estimate of drug-likeness (QED) is 0.578. The molecule has 154 valence electrons. The summed E-state index contributed by atoms with van der Waals surface area (Å²) in [7, 11) is 0. The Kier molecular flexibility index (Phi) is 4.70. The van der Waals surface area contributed by atoms with Crippen LogP contribution in [0.4, 0.5) is 23.4 Å². The fraction of sp³-hybridized carbons (Fsp3) is 0.368. The maximum Gasteiger partial charge on any atom is 0.421 e. The van der Waals surface area contributed by atoms with Gasteiger partial charge in [0, 0.05) is 24.8 Å². The summed E-state index contributed by atoms with van der Waals surface area (Å²) in [6.45, 7) is 1.45. The molecule has 4 heterocycles. The number of aromatic nitrogens is 3. The number of pyridine rings is 2. The molecule has 0 aromatic carbocycles. The molecule has 1 aliphatic rings. The van der Waals surface area contributed by atoms with E-state index in [-0.39, 0.29) is 12.1 Å². The van der Waals surface area contributed by atoms with Gasteiger partial charge in [0.15, 0.2) is 5.60 Å². The Bertz CT molecular complexity index is 1030. The van der Waals surface area contributed by atoms with Crippen molar-refractivity contribution < 1.29 is 22.7 Å². The Morgan fingerprint density at radius 3 is 2.69 bits per heavy atom. The molecule has 29 heavy (non-hydrogen) atoms. The molecular formula is C19H19F4N5O. The molecule has 3 atom stereocenters. The maximum atomic E-state index is 13.8. The van der Waals surface area contributed by atoms with Crippen molar-refractivity contribution in [2.75, 3.05) is 18.4 Å². The van der Waals surface area contributed by atoms with Crippen molar-refractivity contribution in [3.63, 3.8) is 0 Å². The number of imidazole rings is 1. The second kappa shape index (κ2) is 6.96. The van der Waals surface area contributed by atoms with Crippen molar-refractivity contribution in [2.45, 2.75) is 30.9 Å². The summed E-state index contributed by atoms with van der Waals surface area (Å²) >= 11 is 0. The summed E-state index contributed by atoms with van der Waals surface area (Å²) in [5.74, 6) is 0.451. The van der Waals surface area contributed by atoms with Crippen molar-refractivity contribution in [1.82, 2.24) is 19.7 Å². The number of fused-ring (bicyclic) bond motifs is 1. The highest BCUT2D eigenvalue weighted by molar-refractivity contribution is 5.62. The summed E-state index contributed by atoms with van der Waals surface area (Å²) in [5.41, 5.74) is -2.02. The standard InChI is InChI=1S/C19H19F4N5O/c1-18(29,19(21,22)23)11-5-6-17-25-9-15(28(17)10-11)13-3-2-4-16(26-13)27-14-8-24-7-12(14)20/h2-6,9-10,12,14,24,29H,7-8H2,1H3,(H,26,27)/t12-,14-,18?/m0/s1. The van der Waals surface area contributed by atoms with Crippen LogP contribution in [0, 0.1) is 0 Å². The van der Waals surface area contributed by atoms with Crippen LogP contribution in [0.15, 0.2) is 42.7 Å². The molecule has 0 bridgehead atoms. The van der Waals surface area contributed by atoms with Crippen molar-refractivity contribution in [1.29, 1.82) is 0 Å². The molecule has 0 aliphatic carbocycles. The molecule has 3 aromatic heterocycles. The number of hydrogen-bond acceptors (Lipinski definition) is 5. The zero-order valence-corrected chi connectivity index (χ0v) is 15.4. The van der Waals surface area contributed by atoms with E-state index in [1.54, 1.807) is 18.2 Å². The van der Waals surface area contributed by atoms with E-state index >= 15 is 0 Å². The predicted octanol–water partition coefficient (Wildman–Crippen LogP) is 2.89. The Hall–Kier alpha value is -2.72. The highest BCUT2D eigenvalue weighted by Crippen LogP contribution is 2.38. The first-order valence-corrected chi connectivity index (χ1v) is 9.02. The zero-order chi connectivity index (χ0) is 20.8. The van der Waals surface area contributed by atoms with Gasteiger partial charge in [-0.15, -0.1) is 0 Å². The number of nitrogens with zero attached hydrogens (tertiary/aromatic N) is 3. The lowest BCUT2D eigenvalue weighted by Gasteiger charge is -2.26. The molecule has 10 heteroatoms. The van der Waals surface area contributed by atoms with Gasteiger partial charge in [-0.3, -0.25) is 4.40 Å². The van der Waals surface area contributed by atoms with E-state index in [9.17, 15) is 22.7 Å². The summed E-state index contributed by atoms with van der Waals surface area (Å²) in [5, 5.41) is 16.0. The van der Waals surface area contributed by atoms with E-state index < -0.39 is 24.0 Å². The van der Waals surface area contributed by atoms with Crippen LogP contribution >= 0.6 is 0 Å². The maximum absolute atomic E-state index is 13.8. The second-order valence-corrected chi connectivity index (χ2v) is 7.19. The van der Waals surface area contributed by atoms with Gasteiger partial charge in [-0.05, 0) is 25.1 Å². The van der Waals surface area contributed by atoms with Crippen LogP contribution in [0.5, 0.6) is 0 Å². The summed E-state index contributed by atoms with van der Waals surface area (Å²) in [6, 6.07) is 7.28. The van der Waals surface area contributed by atoms with Gasteiger partial charge in [-0.1, -0.05) is 12.1 Å². The molecule has 0 amide bonds. The molecule has 1 saturated heterocycles. The number of rotatable bonds is 4. The number of alkyl halides is 4. The van der Waals surface area contributed by atoms with E-state index in [2.05, 4.69) is 20.6 Å². The second-order valence-electron chi connectivity index (χ2n) is 7.19. The number of aliphatic hydroxyl groups is 1. The van der Waals surface area contributed by atoms with Gasteiger partial charge in [0.05, 0.1) is 23.6 Å². The molecule has 3 N–H and O–H groups in total. The van der Waals surface area contributed by atoms with Gasteiger partial charge in [0.2, 0.25) is 0 Å². The van der Waals surface area contributed by atoms with Gasteiger partial charge in [-0.2, -0.15) is 13.2 Å². The van der Waals surface area contributed by atoms with Crippen molar-refractivity contribution in [2.24, 2.45) is 0 Å². The third-order valence-electron chi connectivity index (χ3n) is 5.10. The third-order valence-corrected chi connectivity index (χ3v) is 5.10. The molecule has 0 spiro atoms. The van der Waals surface area contributed by atoms with Gasteiger partial charge in [-0.25, -0.2) is 14.4 Å². The number of nitrogens with one attached hydrogen (secondary N) is 2. The van der Waals surface area contributed by atoms with Crippen LogP contribution in [-0.4, -0.2) is 51.0 Å². The van der Waals surface area contributed by atoms with E-state index in [4.69, 9.17) is 0 Å². The minimum absolute atomic E-state index is 0.270. The Morgan fingerprint density at radius 2 is 2.00 bits per heavy atom. The van der Waals surface area contributed by atoms with E-state index in [1.165, 1.54) is 28.9 Å². The Balaban J connectivity index is 1.71. The van der Waals surface area contributed by atoms with Gasteiger partial charge < -0.3 is 15.7 Å². The number of hydrogen-bond donors (Lipinski definition) is 3. The van der Waals surface area contributed by atoms with Crippen molar-refractivity contribution in [3.8, 4) is 11.4 Å². The van der Waals surface area contributed by atoms with E-state index in [0.29, 0.717) is 36.3 Å². The lowest BCUT2D eigenvalue weighted by molar-refractivity contribution is -0.259. The molecule has 1 fully saturated rings. The zero-order valence-electron chi connectivity index (χ0n) is 15.4. The first-order chi connectivity index (χ1) is 13.7. The molecule has 4 rings (SSSR count). The summed E-state index contributed by atoms with van der Waals surface area (Å²) in [6.07, 6.45) is -3.18. The van der Waals surface area contributed by atoms with Crippen LogP contribution in [0.3, 0.4) is 0 Å². The van der Waals surface area contributed by atoms with Crippen molar-refractivity contribution in [3.05, 3.63) is 48.3 Å². The highest BCUT2D eigenvalue weighted by atomic mass is 19.4. The number of anilines is 1. The Labute approximate surface area is 163 Å². The average molecular weight is 409 g/mol. The smallest absolute Gasteiger partial charge is 0.376 e. The van der Waals surface area contributed by atoms with Crippen LogP contribution in [0.1, 0.15) is 12.5 Å². The first-order valence-electron chi connectivity index (χ1n) is 9.02. The monoisotopic (exact) mass is 409 g/mol. The molecule has 3 aromatic rings. The summed E-state index contributed by atoms with van der Waals surface area (Å²) < 4.78 is 54.9.